The van der Waals surface area contributed by atoms with E-state index in [1.54, 1.807) is 6.07 Å². The van der Waals surface area contributed by atoms with Crippen LogP contribution in [0.1, 0.15) is 12.5 Å². The number of nitrogens with zero attached hydrogens (tertiary/aromatic N) is 1. The molecule has 0 aromatic heterocycles. The van der Waals surface area contributed by atoms with E-state index in [-0.39, 0.29) is 12.2 Å². The van der Waals surface area contributed by atoms with Gasteiger partial charge in [-0.05, 0) is 13.0 Å². The predicted octanol–water partition coefficient (Wildman–Crippen LogP) is 2.58. The first-order valence-electron chi connectivity index (χ1n) is 6.99. The first-order chi connectivity index (χ1) is 10.3. The number of ether oxygens (including phenoxy) is 2. The first-order valence-corrected chi connectivity index (χ1v) is 6.99. The summed E-state index contributed by atoms with van der Waals surface area (Å²) in [6, 6.07) is 3.06. The monoisotopic (exact) mass is 318 g/mol. The molecule has 2 heterocycles. The smallest absolute Gasteiger partial charge is 0.428 e. The number of fused-ring (bicyclic) bond motifs is 1. The zero-order chi connectivity index (χ0) is 16.0. The van der Waals surface area contributed by atoms with Crippen molar-refractivity contribution in [2.75, 3.05) is 36.7 Å². The fraction of sp³-hybridized carbons (Fsp3) is 0.571. The van der Waals surface area contributed by atoms with E-state index in [1.165, 1.54) is 6.07 Å². The van der Waals surface area contributed by atoms with Gasteiger partial charge < -0.3 is 14.4 Å². The van der Waals surface area contributed by atoms with Gasteiger partial charge in [0.2, 0.25) is 5.60 Å². The molecule has 0 amide bonds. The number of benzene rings is 1. The largest absolute Gasteiger partial charge is 0.477 e. The van der Waals surface area contributed by atoms with Crippen molar-refractivity contribution in [1.29, 1.82) is 0 Å². The van der Waals surface area contributed by atoms with E-state index in [2.05, 4.69) is 5.48 Å². The van der Waals surface area contributed by atoms with Crippen molar-refractivity contribution in [3.05, 3.63) is 17.7 Å². The molecule has 22 heavy (non-hydrogen) atoms. The number of alkyl halides is 3. The minimum Gasteiger partial charge on any atom is -0.477 e. The van der Waals surface area contributed by atoms with Crippen LogP contribution in [0.3, 0.4) is 0 Å². The number of anilines is 2. The van der Waals surface area contributed by atoms with Crippen LogP contribution in [0.15, 0.2) is 12.1 Å². The van der Waals surface area contributed by atoms with Crippen LogP contribution < -0.4 is 15.1 Å². The van der Waals surface area contributed by atoms with Gasteiger partial charge >= 0.3 is 6.18 Å². The van der Waals surface area contributed by atoms with E-state index in [1.807, 2.05) is 4.90 Å². The van der Waals surface area contributed by atoms with Crippen molar-refractivity contribution in [2.24, 2.45) is 0 Å². The molecule has 0 aliphatic carbocycles. The second-order valence-electron chi connectivity index (χ2n) is 5.70. The summed E-state index contributed by atoms with van der Waals surface area (Å²) >= 11 is 0. The second kappa shape index (κ2) is 5.20. The summed E-state index contributed by atoms with van der Waals surface area (Å²) in [5.41, 5.74) is 1.24. The van der Waals surface area contributed by atoms with E-state index in [4.69, 9.17) is 9.47 Å². The van der Waals surface area contributed by atoms with Crippen LogP contribution in [0.5, 0.6) is 5.75 Å². The fourth-order valence-electron chi connectivity index (χ4n) is 2.80. The van der Waals surface area contributed by atoms with Gasteiger partial charge in [-0.25, -0.2) is 0 Å². The highest BCUT2D eigenvalue weighted by Crippen LogP contribution is 2.47. The van der Waals surface area contributed by atoms with E-state index in [9.17, 15) is 18.4 Å². The van der Waals surface area contributed by atoms with Crippen LogP contribution in [0.2, 0.25) is 0 Å². The molecule has 1 aromatic carbocycles. The Morgan fingerprint density at radius 2 is 1.95 bits per heavy atom. The maximum atomic E-state index is 13.1. The summed E-state index contributed by atoms with van der Waals surface area (Å²) in [7, 11) is 0. The number of hydrogen-bond donors (Lipinski definition) is 2. The minimum absolute atomic E-state index is 0.209. The van der Waals surface area contributed by atoms with Crippen LogP contribution >= 0.6 is 0 Å². The van der Waals surface area contributed by atoms with Gasteiger partial charge in [-0.3, -0.25) is 10.7 Å². The van der Waals surface area contributed by atoms with Crippen LogP contribution in [-0.2, 0) is 11.2 Å². The molecule has 122 valence electrons. The number of morpholine rings is 1. The molecule has 0 saturated carbocycles. The lowest BCUT2D eigenvalue weighted by Crippen LogP contribution is -2.46. The van der Waals surface area contributed by atoms with Crippen molar-refractivity contribution in [2.45, 2.75) is 25.1 Å². The highest BCUT2D eigenvalue weighted by atomic mass is 19.4. The molecule has 1 saturated heterocycles. The van der Waals surface area contributed by atoms with E-state index in [0.29, 0.717) is 43.2 Å². The molecule has 1 aromatic rings. The second-order valence-corrected chi connectivity index (χ2v) is 5.70. The first kappa shape index (κ1) is 15.2. The topological polar surface area (TPSA) is 54.0 Å². The third kappa shape index (κ3) is 2.46. The fourth-order valence-corrected chi connectivity index (χ4v) is 2.80. The summed E-state index contributed by atoms with van der Waals surface area (Å²) in [6.07, 6.45) is -4.73. The van der Waals surface area contributed by atoms with Crippen molar-refractivity contribution < 1.29 is 27.9 Å². The molecule has 0 bridgehead atoms. The summed E-state index contributed by atoms with van der Waals surface area (Å²) in [6.45, 7) is 3.30. The Morgan fingerprint density at radius 1 is 1.27 bits per heavy atom. The molecule has 2 N–H and O–H groups in total. The Balaban J connectivity index is 1.95. The molecular formula is C14H17F3N2O3. The number of hydrogen-bond acceptors (Lipinski definition) is 5. The number of halogens is 3. The van der Waals surface area contributed by atoms with Gasteiger partial charge in [0, 0.05) is 31.1 Å². The van der Waals surface area contributed by atoms with Gasteiger partial charge in [0.05, 0.1) is 24.6 Å². The quantitative estimate of drug-likeness (QED) is 0.821. The SMILES string of the molecule is CC1(C(F)(F)F)Cc2cc(NO)c(N3CCOCC3)cc2O1. The molecule has 0 radical (unpaired) electrons. The van der Waals surface area contributed by atoms with Crippen molar-refractivity contribution in [3.63, 3.8) is 0 Å². The maximum absolute atomic E-state index is 13.1. The summed E-state index contributed by atoms with van der Waals surface area (Å²) < 4.78 is 49.8. The maximum Gasteiger partial charge on any atom is 0.428 e. The summed E-state index contributed by atoms with van der Waals surface area (Å²) in [4.78, 5) is 1.94. The molecule has 1 fully saturated rings. The summed E-state index contributed by atoms with van der Waals surface area (Å²) in [5.74, 6) is 0.209. The van der Waals surface area contributed by atoms with Gasteiger partial charge in [-0.1, -0.05) is 0 Å². The highest BCUT2D eigenvalue weighted by molar-refractivity contribution is 5.74. The lowest BCUT2D eigenvalue weighted by Gasteiger charge is -2.30. The number of nitrogens with one attached hydrogen (secondary N) is 1. The molecular weight excluding hydrogens is 301 g/mol. The third-order valence-corrected chi connectivity index (χ3v) is 4.11. The van der Waals surface area contributed by atoms with Gasteiger partial charge in [-0.15, -0.1) is 0 Å². The zero-order valence-corrected chi connectivity index (χ0v) is 12.0. The van der Waals surface area contributed by atoms with Crippen molar-refractivity contribution in [3.8, 4) is 5.75 Å². The third-order valence-electron chi connectivity index (χ3n) is 4.11. The standard InChI is InChI=1S/C14H17F3N2O3/c1-13(14(15,16)17)8-9-6-10(18-20)11(7-12(9)22-13)19-2-4-21-5-3-19/h6-7,18,20H,2-5,8H2,1H3. The molecule has 1 unspecified atom stereocenters. The van der Waals surface area contributed by atoms with Crippen LogP contribution in [0.25, 0.3) is 0 Å². The Morgan fingerprint density at radius 3 is 2.55 bits per heavy atom. The van der Waals surface area contributed by atoms with E-state index >= 15 is 0 Å². The van der Waals surface area contributed by atoms with Crippen LogP contribution in [0.4, 0.5) is 24.5 Å². The Labute approximate surface area is 125 Å². The molecule has 5 nitrogen and oxygen atoms in total. The normalized spacial score (nSPS) is 24.9. The lowest BCUT2D eigenvalue weighted by molar-refractivity contribution is -0.235. The Kier molecular flexibility index (Phi) is 3.60. The van der Waals surface area contributed by atoms with E-state index in [0.717, 1.165) is 6.92 Å². The minimum atomic E-state index is -4.46. The molecule has 2 aliphatic heterocycles. The Bertz CT molecular complexity index is 573. The van der Waals surface area contributed by atoms with Gasteiger partial charge in [0.25, 0.3) is 0 Å². The van der Waals surface area contributed by atoms with Crippen LogP contribution in [0, 0.1) is 0 Å². The molecule has 3 rings (SSSR count). The molecule has 8 heteroatoms. The highest BCUT2D eigenvalue weighted by Gasteiger charge is 2.56. The molecule has 2 aliphatic rings. The molecule has 1 atom stereocenters. The number of rotatable bonds is 2. The van der Waals surface area contributed by atoms with Gasteiger partial charge in [0.15, 0.2) is 0 Å². The Hall–Kier alpha value is -1.67. The predicted molar refractivity (Wildman–Crippen MR) is 73.7 cm³/mol. The van der Waals surface area contributed by atoms with Crippen LogP contribution in [-0.4, -0.2) is 43.3 Å². The van der Waals surface area contributed by atoms with Gasteiger partial charge in [-0.2, -0.15) is 13.2 Å². The van der Waals surface area contributed by atoms with E-state index < -0.39 is 11.8 Å². The van der Waals surface area contributed by atoms with Gasteiger partial charge in [0.1, 0.15) is 5.75 Å². The van der Waals surface area contributed by atoms with Crippen molar-refractivity contribution in [1.82, 2.24) is 0 Å². The average molecular weight is 318 g/mol. The molecule has 0 spiro atoms. The zero-order valence-electron chi connectivity index (χ0n) is 12.0. The lowest BCUT2D eigenvalue weighted by atomic mass is 9.98. The summed E-state index contributed by atoms with van der Waals surface area (Å²) in [5, 5.41) is 9.30. The average Bonchev–Trinajstić information content (AvgIpc) is 2.83. The van der Waals surface area contributed by atoms with Crippen molar-refractivity contribution >= 4 is 11.4 Å².